The van der Waals surface area contributed by atoms with E-state index in [0.29, 0.717) is 11.5 Å². The van der Waals surface area contributed by atoms with Crippen LogP contribution in [0.15, 0.2) is 12.3 Å². The molecular weight excluding hydrogens is 170 g/mol. The Labute approximate surface area is 75.6 Å². The molecule has 0 aromatic carbocycles. The van der Waals surface area contributed by atoms with Crippen molar-refractivity contribution in [2.45, 2.75) is 19.4 Å². The van der Waals surface area contributed by atoms with E-state index in [9.17, 15) is 4.79 Å². The second-order valence-corrected chi connectivity index (χ2v) is 2.74. The molecule has 1 atom stereocenters. The lowest BCUT2D eigenvalue weighted by molar-refractivity contribution is -0.138. The maximum atomic E-state index is 10.4. The molecule has 1 aromatic heterocycles. The van der Waals surface area contributed by atoms with Gasteiger partial charge >= 0.3 is 5.97 Å². The first-order valence-electron chi connectivity index (χ1n) is 3.86. The number of nitrogens with zero attached hydrogens (tertiary/aromatic N) is 2. The highest BCUT2D eigenvalue weighted by Crippen LogP contribution is 1.98. The van der Waals surface area contributed by atoms with Gasteiger partial charge < -0.3 is 10.8 Å². The minimum Gasteiger partial charge on any atom is -0.480 e. The normalized spacial score (nSPS) is 12.5. The molecule has 13 heavy (non-hydrogen) atoms. The first-order chi connectivity index (χ1) is 6.09. The largest absolute Gasteiger partial charge is 0.480 e. The molecule has 0 radical (unpaired) electrons. The van der Waals surface area contributed by atoms with Gasteiger partial charge in [-0.3, -0.25) is 4.79 Å². The molecule has 0 unspecified atom stereocenters. The van der Waals surface area contributed by atoms with Crippen molar-refractivity contribution in [2.24, 2.45) is 5.73 Å². The molecule has 0 bridgehead atoms. The SMILES string of the molecule is Cc1nccc(C[C@H](N)C(=O)O)n1. The Kier molecular flexibility index (Phi) is 2.92. The van der Waals surface area contributed by atoms with Crippen LogP contribution in [0.3, 0.4) is 0 Å². The van der Waals surface area contributed by atoms with Crippen molar-refractivity contribution >= 4 is 5.97 Å². The maximum Gasteiger partial charge on any atom is 0.320 e. The lowest BCUT2D eigenvalue weighted by Crippen LogP contribution is -2.32. The van der Waals surface area contributed by atoms with Gasteiger partial charge in [0.2, 0.25) is 0 Å². The van der Waals surface area contributed by atoms with Crippen LogP contribution in [0, 0.1) is 6.92 Å². The summed E-state index contributed by atoms with van der Waals surface area (Å²) in [6.07, 6.45) is 1.82. The van der Waals surface area contributed by atoms with Crippen LogP contribution in [-0.4, -0.2) is 27.1 Å². The van der Waals surface area contributed by atoms with Crippen LogP contribution in [-0.2, 0) is 11.2 Å². The molecule has 1 aromatic rings. The van der Waals surface area contributed by atoms with E-state index in [1.54, 1.807) is 19.2 Å². The molecule has 70 valence electrons. The number of carboxylic acids is 1. The van der Waals surface area contributed by atoms with E-state index < -0.39 is 12.0 Å². The van der Waals surface area contributed by atoms with Crippen molar-refractivity contribution in [2.75, 3.05) is 0 Å². The summed E-state index contributed by atoms with van der Waals surface area (Å²) in [6.45, 7) is 1.75. The minimum atomic E-state index is -1.02. The summed E-state index contributed by atoms with van der Waals surface area (Å²) in [5.74, 6) is -0.397. The zero-order valence-electron chi connectivity index (χ0n) is 7.27. The average Bonchev–Trinajstić information content (AvgIpc) is 2.04. The Morgan fingerprint density at radius 1 is 1.77 bits per heavy atom. The predicted octanol–water partition coefficient (Wildman–Crippen LogP) is -0.261. The number of aliphatic carboxylic acids is 1. The van der Waals surface area contributed by atoms with Crippen LogP contribution in [0.1, 0.15) is 11.5 Å². The molecule has 3 N–H and O–H groups in total. The van der Waals surface area contributed by atoms with Gasteiger partial charge in [-0.2, -0.15) is 0 Å². The summed E-state index contributed by atoms with van der Waals surface area (Å²) in [6, 6.07) is 0.768. The van der Waals surface area contributed by atoms with Gasteiger partial charge in [-0.05, 0) is 13.0 Å². The van der Waals surface area contributed by atoms with Crippen LogP contribution in [0.25, 0.3) is 0 Å². The molecule has 1 rings (SSSR count). The summed E-state index contributed by atoms with van der Waals surface area (Å²) in [7, 11) is 0. The van der Waals surface area contributed by atoms with E-state index in [1.807, 2.05) is 0 Å². The predicted molar refractivity (Wildman–Crippen MR) is 46.1 cm³/mol. The summed E-state index contributed by atoms with van der Waals surface area (Å²) >= 11 is 0. The van der Waals surface area contributed by atoms with E-state index in [2.05, 4.69) is 9.97 Å². The number of aryl methyl sites for hydroxylation is 1. The molecule has 5 nitrogen and oxygen atoms in total. The monoisotopic (exact) mass is 181 g/mol. The molecule has 0 amide bonds. The number of nitrogens with two attached hydrogens (primary N) is 1. The zero-order valence-corrected chi connectivity index (χ0v) is 7.27. The quantitative estimate of drug-likeness (QED) is 0.670. The average molecular weight is 181 g/mol. The molecule has 5 heteroatoms. The Bertz CT molecular complexity index is 314. The van der Waals surface area contributed by atoms with Crippen molar-refractivity contribution in [3.8, 4) is 0 Å². The van der Waals surface area contributed by atoms with Crippen molar-refractivity contribution < 1.29 is 9.90 Å². The highest BCUT2D eigenvalue weighted by molar-refractivity contribution is 5.73. The van der Waals surface area contributed by atoms with Crippen LogP contribution in [0.5, 0.6) is 0 Å². The summed E-state index contributed by atoms with van der Waals surface area (Å²) in [5, 5.41) is 8.54. The van der Waals surface area contributed by atoms with Crippen molar-refractivity contribution in [3.05, 3.63) is 23.8 Å². The molecule has 1 heterocycles. The zero-order chi connectivity index (χ0) is 9.84. The topological polar surface area (TPSA) is 89.1 Å². The van der Waals surface area contributed by atoms with Crippen LogP contribution < -0.4 is 5.73 Å². The highest BCUT2D eigenvalue weighted by Gasteiger charge is 2.12. The molecule has 0 aliphatic carbocycles. The van der Waals surface area contributed by atoms with E-state index in [0.717, 1.165) is 0 Å². The fourth-order valence-electron chi connectivity index (χ4n) is 0.931. The van der Waals surface area contributed by atoms with Crippen molar-refractivity contribution in [1.82, 2.24) is 9.97 Å². The molecular formula is C8H11N3O2. The fourth-order valence-corrected chi connectivity index (χ4v) is 0.931. The number of aromatic nitrogens is 2. The van der Waals surface area contributed by atoms with Gasteiger partial charge in [0.1, 0.15) is 11.9 Å². The summed E-state index contributed by atoms with van der Waals surface area (Å²) in [4.78, 5) is 18.4. The standard InChI is InChI=1S/C8H11N3O2/c1-5-10-3-2-6(11-5)4-7(9)8(12)13/h2-3,7H,4,9H2,1H3,(H,12,13)/t7-/m0/s1. The molecule has 0 saturated carbocycles. The Morgan fingerprint density at radius 2 is 2.46 bits per heavy atom. The molecule has 0 saturated heterocycles. The summed E-state index contributed by atoms with van der Waals surface area (Å²) in [5.41, 5.74) is 5.99. The Hall–Kier alpha value is -1.49. The Balaban J connectivity index is 2.69. The number of hydrogen-bond donors (Lipinski definition) is 2. The molecule has 0 fully saturated rings. The maximum absolute atomic E-state index is 10.4. The molecule has 0 aliphatic rings. The van der Waals surface area contributed by atoms with E-state index >= 15 is 0 Å². The van der Waals surface area contributed by atoms with Crippen LogP contribution >= 0.6 is 0 Å². The van der Waals surface area contributed by atoms with Gasteiger partial charge in [0, 0.05) is 18.3 Å². The fraction of sp³-hybridized carbons (Fsp3) is 0.375. The number of carboxylic acid groups (broad SMARTS) is 1. The second-order valence-electron chi connectivity index (χ2n) is 2.74. The van der Waals surface area contributed by atoms with Crippen LogP contribution in [0.4, 0.5) is 0 Å². The number of carbonyl (C=O) groups is 1. The first-order valence-corrected chi connectivity index (χ1v) is 3.86. The third-order valence-electron chi connectivity index (χ3n) is 1.58. The first kappa shape index (κ1) is 9.60. The van der Waals surface area contributed by atoms with Crippen molar-refractivity contribution in [3.63, 3.8) is 0 Å². The van der Waals surface area contributed by atoms with Gasteiger partial charge in [-0.25, -0.2) is 9.97 Å². The van der Waals surface area contributed by atoms with Gasteiger partial charge in [-0.1, -0.05) is 0 Å². The van der Waals surface area contributed by atoms with Gasteiger partial charge in [-0.15, -0.1) is 0 Å². The van der Waals surface area contributed by atoms with Gasteiger partial charge in [0.25, 0.3) is 0 Å². The third-order valence-corrected chi connectivity index (χ3v) is 1.58. The summed E-state index contributed by atoms with van der Waals surface area (Å²) < 4.78 is 0. The van der Waals surface area contributed by atoms with Crippen LogP contribution in [0.2, 0.25) is 0 Å². The van der Waals surface area contributed by atoms with E-state index in [4.69, 9.17) is 10.8 Å². The van der Waals surface area contributed by atoms with E-state index in [-0.39, 0.29) is 6.42 Å². The smallest absolute Gasteiger partial charge is 0.320 e. The van der Waals surface area contributed by atoms with Gasteiger partial charge in [0.05, 0.1) is 0 Å². The number of hydrogen-bond acceptors (Lipinski definition) is 4. The third kappa shape index (κ3) is 2.79. The highest BCUT2D eigenvalue weighted by atomic mass is 16.4. The van der Waals surface area contributed by atoms with E-state index in [1.165, 1.54) is 0 Å². The molecule has 0 spiro atoms. The minimum absolute atomic E-state index is 0.235. The molecule has 0 aliphatic heterocycles. The Morgan fingerprint density at radius 3 is 3.00 bits per heavy atom. The second kappa shape index (κ2) is 3.95. The lowest BCUT2D eigenvalue weighted by Gasteiger charge is -2.05. The van der Waals surface area contributed by atoms with Crippen molar-refractivity contribution in [1.29, 1.82) is 0 Å². The number of rotatable bonds is 3. The lowest BCUT2D eigenvalue weighted by atomic mass is 10.1. The van der Waals surface area contributed by atoms with Gasteiger partial charge in [0.15, 0.2) is 0 Å².